The van der Waals surface area contributed by atoms with E-state index in [4.69, 9.17) is 10.5 Å². The van der Waals surface area contributed by atoms with Gasteiger partial charge in [-0.15, -0.1) is 0 Å². The van der Waals surface area contributed by atoms with Crippen LogP contribution in [0, 0.1) is 5.92 Å². The van der Waals surface area contributed by atoms with Gasteiger partial charge in [0.15, 0.2) is 17.3 Å². The van der Waals surface area contributed by atoms with Crippen molar-refractivity contribution in [2.75, 3.05) is 12.3 Å². The molecule has 4 N–H and O–H groups in total. The van der Waals surface area contributed by atoms with Gasteiger partial charge in [-0.05, 0) is 51.4 Å². The van der Waals surface area contributed by atoms with Crippen molar-refractivity contribution < 1.29 is 14.6 Å². The maximum Gasteiger partial charge on any atom is 0.249 e. The van der Waals surface area contributed by atoms with Crippen LogP contribution in [0.2, 0.25) is 0 Å². The third kappa shape index (κ3) is 3.69. The average Bonchev–Trinajstić information content (AvgIpc) is 3.36. The number of nitrogen functional groups attached to an aromatic ring is 1. The summed E-state index contributed by atoms with van der Waals surface area (Å²) in [6.07, 6.45) is 6.39. The summed E-state index contributed by atoms with van der Waals surface area (Å²) in [5.41, 5.74) is 6.13. The first-order chi connectivity index (χ1) is 13.9. The van der Waals surface area contributed by atoms with E-state index in [-0.39, 0.29) is 18.0 Å². The fourth-order valence-corrected chi connectivity index (χ4v) is 4.45. The van der Waals surface area contributed by atoms with Crippen molar-refractivity contribution in [3.8, 4) is 0 Å². The molecule has 4 rings (SSSR count). The van der Waals surface area contributed by atoms with Gasteiger partial charge in [0.25, 0.3) is 0 Å². The number of amides is 1. The van der Waals surface area contributed by atoms with Gasteiger partial charge < -0.3 is 20.9 Å². The molecular formula is C20H30N6O3. The Hall–Kier alpha value is -2.26. The largest absolute Gasteiger partial charge is 0.382 e. The highest BCUT2D eigenvalue weighted by Crippen LogP contribution is 2.40. The van der Waals surface area contributed by atoms with Gasteiger partial charge in [0.05, 0.1) is 6.33 Å². The number of aromatic nitrogens is 4. The van der Waals surface area contributed by atoms with Gasteiger partial charge in [0, 0.05) is 6.54 Å². The minimum Gasteiger partial charge on any atom is -0.382 e. The number of nitrogens with two attached hydrogens (primary N) is 1. The number of ether oxygens (including phenoxy) is 1. The van der Waals surface area contributed by atoms with Crippen LogP contribution in [0.15, 0.2) is 6.33 Å². The number of rotatable bonds is 5. The third-order valence-electron chi connectivity index (χ3n) is 6.33. The normalized spacial score (nSPS) is 30.0. The lowest BCUT2D eigenvalue weighted by molar-refractivity contribution is -0.133. The van der Waals surface area contributed by atoms with E-state index < -0.39 is 11.7 Å². The minimum atomic E-state index is -1.07. The molecular weight excluding hydrogens is 372 g/mol. The van der Waals surface area contributed by atoms with Crippen LogP contribution in [0.4, 0.5) is 5.82 Å². The Labute approximate surface area is 170 Å². The van der Waals surface area contributed by atoms with Crippen molar-refractivity contribution >= 4 is 22.9 Å². The number of carbonyl (C=O) groups excluding carboxylic acids is 1. The number of carbonyl (C=O) groups is 1. The number of anilines is 1. The number of hydrogen-bond acceptors (Lipinski definition) is 7. The van der Waals surface area contributed by atoms with E-state index in [0.29, 0.717) is 55.1 Å². The van der Waals surface area contributed by atoms with E-state index >= 15 is 0 Å². The van der Waals surface area contributed by atoms with Gasteiger partial charge >= 0.3 is 0 Å². The van der Waals surface area contributed by atoms with Crippen molar-refractivity contribution in [1.29, 1.82) is 0 Å². The van der Waals surface area contributed by atoms with Gasteiger partial charge in [-0.3, -0.25) is 9.36 Å². The van der Waals surface area contributed by atoms with Gasteiger partial charge in [-0.2, -0.15) is 0 Å². The summed E-state index contributed by atoms with van der Waals surface area (Å²) in [5.74, 6) is 1.15. The lowest BCUT2D eigenvalue weighted by atomic mass is 9.77. The van der Waals surface area contributed by atoms with E-state index in [1.165, 1.54) is 0 Å². The summed E-state index contributed by atoms with van der Waals surface area (Å²) < 4.78 is 7.76. The zero-order chi connectivity index (χ0) is 20.6. The standard InChI is InChI=1S/C20H30N6O3/c1-3-12-7-9-20(28,10-8-12)19-24-16(21)15-17(25-19)26(11-23-15)14-6-5-13(29-14)18(27)22-4-2/h11-14,28H,3-10H2,1-2H3,(H,22,27)(H2,21,24,25)/t12?,13-,14+,20?/m0/s1. The Morgan fingerprint density at radius 3 is 2.76 bits per heavy atom. The van der Waals surface area contributed by atoms with Gasteiger partial charge in [-0.25, -0.2) is 15.0 Å². The summed E-state index contributed by atoms with van der Waals surface area (Å²) in [7, 11) is 0. The Morgan fingerprint density at radius 2 is 2.07 bits per heavy atom. The molecule has 9 heteroatoms. The highest BCUT2D eigenvalue weighted by atomic mass is 16.5. The van der Waals surface area contributed by atoms with E-state index in [9.17, 15) is 9.90 Å². The molecule has 0 aromatic carbocycles. The summed E-state index contributed by atoms with van der Waals surface area (Å²) in [5, 5.41) is 14.0. The molecule has 158 valence electrons. The monoisotopic (exact) mass is 402 g/mol. The summed E-state index contributed by atoms with van der Waals surface area (Å²) in [6, 6.07) is 0. The molecule has 0 radical (unpaired) electrons. The Kier molecular flexibility index (Phi) is 5.44. The molecule has 3 heterocycles. The van der Waals surface area contributed by atoms with Crippen LogP contribution in [-0.4, -0.2) is 43.2 Å². The number of hydrogen-bond donors (Lipinski definition) is 3. The minimum absolute atomic E-state index is 0.101. The number of nitrogens with one attached hydrogen (secondary N) is 1. The Morgan fingerprint density at radius 1 is 1.31 bits per heavy atom. The van der Waals surface area contributed by atoms with E-state index in [0.717, 1.165) is 19.3 Å². The molecule has 9 nitrogen and oxygen atoms in total. The van der Waals surface area contributed by atoms with Crippen LogP contribution >= 0.6 is 0 Å². The smallest absolute Gasteiger partial charge is 0.249 e. The fourth-order valence-electron chi connectivity index (χ4n) is 4.45. The highest BCUT2D eigenvalue weighted by molar-refractivity contribution is 5.82. The van der Waals surface area contributed by atoms with E-state index in [1.807, 2.05) is 6.92 Å². The quantitative estimate of drug-likeness (QED) is 0.698. The number of nitrogens with zero attached hydrogens (tertiary/aromatic N) is 4. The molecule has 2 aliphatic rings. The predicted octanol–water partition coefficient (Wildman–Crippen LogP) is 2.01. The topological polar surface area (TPSA) is 128 Å². The molecule has 1 saturated heterocycles. The van der Waals surface area contributed by atoms with Crippen molar-refractivity contribution in [1.82, 2.24) is 24.8 Å². The second kappa shape index (κ2) is 7.87. The lowest BCUT2D eigenvalue weighted by Crippen LogP contribution is -2.34. The predicted molar refractivity (Wildman–Crippen MR) is 108 cm³/mol. The lowest BCUT2D eigenvalue weighted by Gasteiger charge is -2.34. The first-order valence-corrected chi connectivity index (χ1v) is 10.6. The zero-order valence-corrected chi connectivity index (χ0v) is 17.1. The molecule has 2 fully saturated rings. The van der Waals surface area contributed by atoms with Gasteiger partial charge in [0.1, 0.15) is 23.4 Å². The molecule has 1 saturated carbocycles. The summed E-state index contributed by atoms with van der Waals surface area (Å²) in [4.78, 5) is 25.5. The molecule has 0 unspecified atom stereocenters. The Bertz CT molecular complexity index is 890. The summed E-state index contributed by atoms with van der Waals surface area (Å²) in [6.45, 7) is 4.64. The number of fused-ring (bicyclic) bond motifs is 1. The van der Waals surface area contributed by atoms with Crippen molar-refractivity contribution in [3.63, 3.8) is 0 Å². The third-order valence-corrected chi connectivity index (χ3v) is 6.33. The molecule has 2 aromatic heterocycles. The van der Waals surface area contributed by atoms with Crippen LogP contribution in [0.25, 0.3) is 11.2 Å². The fraction of sp³-hybridized carbons (Fsp3) is 0.700. The molecule has 2 aromatic rings. The van der Waals surface area contributed by atoms with Gasteiger partial charge in [0.2, 0.25) is 5.91 Å². The SMILES string of the molecule is CCNC(=O)[C@@H]1CC[C@H](n2cnc3c(N)nc(C4(O)CCC(CC)CC4)nc32)O1. The van der Waals surface area contributed by atoms with Crippen molar-refractivity contribution in [2.24, 2.45) is 5.92 Å². The van der Waals surface area contributed by atoms with Crippen molar-refractivity contribution in [2.45, 2.75) is 76.7 Å². The molecule has 1 aliphatic heterocycles. The van der Waals surface area contributed by atoms with Crippen molar-refractivity contribution in [3.05, 3.63) is 12.2 Å². The second-order valence-corrected chi connectivity index (χ2v) is 8.19. The van der Waals surface area contributed by atoms with Crippen LogP contribution in [0.3, 0.4) is 0 Å². The average molecular weight is 402 g/mol. The van der Waals surface area contributed by atoms with Gasteiger partial charge in [-0.1, -0.05) is 13.3 Å². The number of aliphatic hydroxyl groups is 1. The van der Waals surface area contributed by atoms with Crippen LogP contribution < -0.4 is 11.1 Å². The maximum absolute atomic E-state index is 12.1. The zero-order valence-electron chi connectivity index (χ0n) is 17.1. The molecule has 1 aliphatic carbocycles. The van der Waals surface area contributed by atoms with Crippen LogP contribution in [-0.2, 0) is 15.1 Å². The summed E-state index contributed by atoms with van der Waals surface area (Å²) >= 11 is 0. The number of imidazole rings is 1. The second-order valence-electron chi connectivity index (χ2n) is 8.19. The molecule has 0 spiro atoms. The Balaban J connectivity index is 1.62. The maximum atomic E-state index is 12.1. The highest BCUT2D eigenvalue weighted by Gasteiger charge is 2.38. The first-order valence-electron chi connectivity index (χ1n) is 10.6. The number of likely N-dealkylation sites (N-methyl/N-ethyl adjacent to an activating group) is 1. The molecule has 1 amide bonds. The molecule has 29 heavy (non-hydrogen) atoms. The molecule has 0 bridgehead atoms. The molecule has 2 atom stereocenters. The van der Waals surface area contributed by atoms with Crippen LogP contribution in [0.5, 0.6) is 0 Å². The first kappa shape index (κ1) is 20.0. The van der Waals surface area contributed by atoms with E-state index in [1.54, 1.807) is 10.9 Å². The van der Waals surface area contributed by atoms with Crippen LogP contribution in [0.1, 0.15) is 70.8 Å². The van der Waals surface area contributed by atoms with E-state index in [2.05, 4.69) is 27.2 Å².